The highest BCUT2D eigenvalue weighted by Gasteiger charge is 2.27. The van der Waals surface area contributed by atoms with E-state index in [1.807, 2.05) is 45.0 Å². The molecule has 2 aromatic carbocycles. The Hall–Kier alpha value is -1.92. The van der Waals surface area contributed by atoms with E-state index in [1.54, 1.807) is 19.1 Å². The summed E-state index contributed by atoms with van der Waals surface area (Å²) < 4.78 is 28.5. The molecule has 0 aromatic heterocycles. The minimum Gasteiger partial charge on any atom is -0.290 e. The van der Waals surface area contributed by atoms with Gasteiger partial charge in [-0.3, -0.25) is 5.21 Å². The van der Waals surface area contributed by atoms with Crippen LogP contribution in [-0.2, 0) is 10.0 Å². The molecule has 124 valence electrons. The second-order valence-corrected chi connectivity index (χ2v) is 8.08. The molecule has 0 bridgehead atoms. The van der Waals surface area contributed by atoms with Crippen molar-refractivity contribution < 1.29 is 18.4 Å². The fourth-order valence-electron chi connectivity index (χ4n) is 2.23. The van der Waals surface area contributed by atoms with Crippen molar-refractivity contribution in [1.82, 2.24) is 4.72 Å². The largest absolute Gasteiger partial charge is 0.290 e. The van der Waals surface area contributed by atoms with E-state index >= 15 is 0 Å². The molecule has 2 aromatic rings. The van der Waals surface area contributed by atoms with Crippen molar-refractivity contribution in [3.8, 4) is 0 Å². The minimum atomic E-state index is -3.64. The van der Waals surface area contributed by atoms with Gasteiger partial charge in [-0.15, -0.1) is 0 Å². The summed E-state index contributed by atoms with van der Waals surface area (Å²) in [4.78, 5) is 0.154. The molecule has 2 N–H and O–H groups in total. The first-order chi connectivity index (χ1) is 10.7. The second-order valence-electron chi connectivity index (χ2n) is 6.34. The van der Waals surface area contributed by atoms with Crippen molar-refractivity contribution in [2.24, 2.45) is 0 Å². The zero-order valence-electron chi connectivity index (χ0n) is 13.9. The van der Waals surface area contributed by atoms with E-state index in [9.17, 15) is 13.6 Å². The summed E-state index contributed by atoms with van der Waals surface area (Å²) in [5.74, 6) is 0. The van der Waals surface area contributed by atoms with Gasteiger partial charge in [-0.25, -0.2) is 13.1 Å². The summed E-state index contributed by atoms with van der Waals surface area (Å²) >= 11 is 0. The summed E-state index contributed by atoms with van der Waals surface area (Å²) in [5, 5.41) is 12.0. The van der Waals surface area contributed by atoms with Crippen molar-refractivity contribution in [2.45, 2.75) is 38.1 Å². The SMILES string of the molecule is CCNS(=O)(=O)c1ccc2ccccc2c1/C=[N+](\O)C(C)(C)C. The highest BCUT2D eigenvalue weighted by atomic mass is 32.2. The van der Waals surface area contributed by atoms with Gasteiger partial charge in [-0.1, -0.05) is 37.3 Å². The smallest absolute Gasteiger partial charge is 0.241 e. The van der Waals surface area contributed by atoms with Crippen LogP contribution in [0.3, 0.4) is 0 Å². The number of hydrogen-bond acceptors (Lipinski definition) is 3. The van der Waals surface area contributed by atoms with Crippen LogP contribution < -0.4 is 4.72 Å². The zero-order valence-corrected chi connectivity index (χ0v) is 14.7. The van der Waals surface area contributed by atoms with Crippen molar-refractivity contribution in [3.63, 3.8) is 0 Å². The van der Waals surface area contributed by atoms with Gasteiger partial charge in [-0.2, -0.15) is 0 Å². The van der Waals surface area contributed by atoms with Crippen molar-refractivity contribution >= 4 is 27.0 Å². The van der Waals surface area contributed by atoms with Crippen LogP contribution in [0.4, 0.5) is 0 Å². The van der Waals surface area contributed by atoms with E-state index < -0.39 is 15.6 Å². The number of benzene rings is 2. The molecule has 0 radical (unpaired) electrons. The van der Waals surface area contributed by atoms with E-state index in [1.165, 1.54) is 6.21 Å². The third-order valence-electron chi connectivity index (χ3n) is 3.49. The predicted octanol–water partition coefficient (Wildman–Crippen LogP) is 2.76. The number of nitrogens with zero attached hydrogens (tertiary/aromatic N) is 1. The molecule has 0 amide bonds. The first-order valence-electron chi connectivity index (χ1n) is 7.51. The number of hydrogen-bond donors (Lipinski definition) is 2. The molecule has 0 heterocycles. The van der Waals surface area contributed by atoms with Gasteiger partial charge in [-0.05, 0) is 21.6 Å². The molecule has 0 aliphatic rings. The first-order valence-corrected chi connectivity index (χ1v) is 8.99. The predicted molar refractivity (Wildman–Crippen MR) is 91.8 cm³/mol. The summed E-state index contributed by atoms with van der Waals surface area (Å²) in [5.41, 5.74) is -0.0719. The van der Waals surface area contributed by atoms with Crippen LogP contribution in [0.1, 0.15) is 33.3 Å². The standard InChI is InChI=1S/C17H23N2O3S/c1-5-18-23(21,22)16-11-10-13-8-6-7-9-14(13)15(16)12-19(20)17(2,3)4/h6-12,18,20H,5H2,1-4H3/q+1/b19-12-. The Balaban J connectivity index is 2.82. The van der Waals surface area contributed by atoms with Crippen molar-refractivity contribution in [3.05, 3.63) is 42.0 Å². The highest BCUT2D eigenvalue weighted by Crippen LogP contribution is 2.25. The average molecular weight is 335 g/mol. The molecule has 0 aliphatic heterocycles. The van der Waals surface area contributed by atoms with Gasteiger partial charge >= 0.3 is 0 Å². The van der Waals surface area contributed by atoms with E-state index in [4.69, 9.17) is 0 Å². The average Bonchev–Trinajstić information content (AvgIpc) is 2.46. The van der Waals surface area contributed by atoms with Crippen LogP contribution in [0.15, 0.2) is 41.3 Å². The molecule has 0 unspecified atom stereocenters. The van der Waals surface area contributed by atoms with Gasteiger partial charge in [0.15, 0.2) is 0 Å². The lowest BCUT2D eigenvalue weighted by atomic mass is 10.0. The molecule has 0 saturated heterocycles. The third kappa shape index (κ3) is 3.71. The van der Waals surface area contributed by atoms with Crippen molar-refractivity contribution in [2.75, 3.05) is 6.54 Å². The lowest BCUT2D eigenvalue weighted by Crippen LogP contribution is -2.32. The fraction of sp³-hybridized carbons (Fsp3) is 0.353. The molecule has 5 nitrogen and oxygen atoms in total. The van der Waals surface area contributed by atoms with Gasteiger partial charge in [0.2, 0.25) is 21.8 Å². The molecule has 0 fully saturated rings. The Labute approximate surface area is 137 Å². The minimum absolute atomic E-state index is 0.154. The Kier molecular flexibility index (Phi) is 4.77. The quantitative estimate of drug-likeness (QED) is 0.391. The first kappa shape index (κ1) is 17.4. The summed E-state index contributed by atoms with van der Waals surface area (Å²) in [6, 6.07) is 10.9. The maximum absolute atomic E-state index is 12.5. The number of nitrogens with one attached hydrogen (secondary N) is 1. The van der Waals surface area contributed by atoms with Crippen molar-refractivity contribution in [1.29, 1.82) is 0 Å². The maximum Gasteiger partial charge on any atom is 0.241 e. The van der Waals surface area contributed by atoms with Crippen LogP contribution in [0.2, 0.25) is 0 Å². The van der Waals surface area contributed by atoms with E-state index in [-0.39, 0.29) is 4.90 Å². The fourth-order valence-corrected chi connectivity index (χ4v) is 3.46. The lowest BCUT2D eigenvalue weighted by Gasteiger charge is -2.13. The van der Waals surface area contributed by atoms with Crippen LogP contribution in [0, 0.1) is 0 Å². The molecule has 0 aliphatic carbocycles. The monoisotopic (exact) mass is 335 g/mol. The Morgan fingerprint density at radius 2 is 1.83 bits per heavy atom. The molecule has 2 rings (SSSR count). The Bertz CT molecular complexity index is 850. The maximum atomic E-state index is 12.5. The summed E-state index contributed by atoms with van der Waals surface area (Å²) in [6.07, 6.45) is 1.48. The zero-order chi connectivity index (χ0) is 17.3. The molecule has 0 spiro atoms. The van der Waals surface area contributed by atoms with Gasteiger partial charge in [0, 0.05) is 27.3 Å². The Morgan fingerprint density at radius 1 is 1.17 bits per heavy atom. The molecular weight excluding hydrogens is 312 g/mol. The topological polar surface area (TPSA) is 69.4 Å². The molecule has 23 heavy (non-hydrogen) atoms. The van der Waals surface area contributed by atoms with Gasteiger partial charge in [0.25, 0.3) is 0 Å². The number of hydroxylamine groups is 1. The number of rotatable bonds is 4. The second kappa shape index (κ2) is 6.29. The van der Waals surface area contributed by atoms with E-state index in [0.717, 1.165) is 15.5 Å². The van der Waals surface area contributed by atoms with Crippen LogP contribution in [0.25, 0.3) is 10.8 Å². The molecule has 6 heteroatoms. The van der Waals surface area contributed by atoms with Gasteiger partial charge in [0.1, 0.15) is 0 Å². The molecular formula is C17H23N2O3S+. The molecule has 0 saturated carbocycles. The lowest BCUT2D eigenvalue weighted by molar-refractivity contribution is -0.816. The van der Waals surface area contributed by atoms with Crippen LogP contribution in [-0.4, -0.2) is 36.7 Å². The highest BCUT2D eigenvalue weighted by molar-refractivity contribution is 7.89. The molecule has 0 atom stereocenters. The normalized spacial score (nSPS) is 13.5. The van der Waals surface area contributed by atoms with Gasteiger partial charge in [0.05, 0.1) is 10.5 Å². The number of sulfonamides is 1. The summed E-state index contributed by atoms with van der Waals surface area (Å²) in [7, 11) is -3.64. The van der Waals surface area contributed by atoms with Crippen LogP contribution in [0.5, 0.6) is 0 Å². The summed E-state index contributed by atoms with van der Waals surface area (Å²) in [6.45, 7) is 7.56. The van der Waals surface area contributed by atoms with E-state index in [0.29, 0.717) is 12.1 Å². The van der Waals surface area contributed by atoms with E-state index in [2.05, 4.69) is 4.72 Å². The van der Waals surface area contributed by atoms with Crippen LogP contribution >= 0.6 is 0 Å². The Morgan fingerprint density at radius 3 is 2.43 bits per heavy atom. The van der Waals surface area contributed by atoms with Gasteiger partial charge < -0.3 is 0 Å². The third-order valence-corrected chi connectivity index (χ3v) is 5.10. The number of fused-ring (bicyclic) bond motifs is 1.